The highest BCUT2D eigenvalue weighted by Gasteiger charge is 2.11. The molecule has 9 heteroatoms. The Hall–Kier alpha value is -2.84. The van der Waals surface area contributed by atoms with Crippen molar-refractivity contribution in [3.8, 4) is 0 Å². The van der Waals surface area contributed by atoms with Crippen LogP contribution in [0.2, 0.25) is 0 Å². The lowest BCUT2D eigenvalue weighted by molar-refractivity contribution is 0.0925. The van der Waals surface area contributed by atoms with Crippen LogP contribution in [-0.2, 0) is 13.0 Å². The minimum Gasteiger partial charge on any atom is -0.459 e. The zero-order chi connectivity index (χ0) is 18.8. The summed E-state index contributed by atoms with van der Waals surface area (Å²) in [5, 5.41) is 17.3. The van der Waals surface area contributed by atoms with Crippen LogP contribution in [0.5, 0.6) is 0 Å². The highest BCUT2D eigenvalue weighted by molar-refractivity contribution is 5.92. The molecule has 0 spiro atoms. The third-order valence-electron chi connectivity index (χ3n) is 3.88. The molecule has 9 nitrogen and oxygen atoms in total. The molecule has 0 aromatic carbocycles. The van der Waals surface area contributed by atoms with Crippen molar-refractivity contribution in [3.63, 3.8) is 0 Å². The number of hydrogen-bond acceptors (Lipinski definition) is 5. The summed E-state index contributed by atoms with van der Waals surface area (Å²) >= 11 is 0. The van der Waals surface area contributed by atoms with Crippen LogP contribution in [0.25, 0.3) is 0 Å². The van der Waals surface area contributed by atoms with Crippen molar-refractivity contribution in [3.05, 3.63) is 35.8 Å². The van der Waals surface area contributed by atoms with Gasteiger partial charge in [0.2, 0.25) is 0 Å². The largest absolute Gasteiger partial charge is 0.459 e. The van der Waals surface area contributed by atoms with E-state index >= 15 is 0 Å². The Kier molecular flexibility index (Phi) is 7.66. The van der Waals surface area contributed by atoms with Gasteiger partial charge in [0.1, 0.15) is 12.2 Å². The number of aliphatic imine (C=N–C) groups is 1. The lowest BCUT2D eigenvalue weighted by Crippen LogP contribution is -2.40. The Labute approximate surface area is 153 Å². The first-order valence-electron chi connectivity index (χ1n) is 8.79. The standard InChI is InChI=1S/C17H27N7O2/c1-4-14-23-22-12-24(14)10-9-21-17(18-3)20-8-5-7-19-16(25)15-13(2)6-11-26-15/h6,11-12H,4-5,7-10H2,1-3H3,(H,19,25)(H2,18,20,21). The normalized spacial score (nSPS) is 11.4. The molecule has 0 radical (unpaired) electrons. The zero-order valence-electron chi connectivity index (χ0n) is 15.6. The first-order valence-corrected chi connectivity index (χ1v) is 8.79. The summed E-state index contributed by atoms with van der Waals surface area (Å²) in [4.78, 5) is 16.1. The lowest BCUT2D eigenvalue weighted by atomic mass is 10.2. The predicted octanol–water partition coefficient (Wildman–Crippen LogP) is 0.727. The fraction of sp³-hybridized carbons (Fsp3) is 0.529. The molecular weight excluding hydrogens is 334 g/mol. The number of guanidine groups is 1. The van der Waals surface area contributed by atoms with Crippen molar-refractivity contribution in [1.29, 1.82) is 0 Å². The lowest BCUT2D eigenvalue weighted by Gasteiger charge is -2.12. The molecule has 0 aliphatic rings. The van der Waals surface area contributed by atoms with Gasteiger partial charge in [-0.1, -0.05) is 6.92 Å². The number of nitrogens with zero attached hydrogens (tertiary/aromatic N) is 4. The number of amides is 1. The molecule has 0 saturated carbocycles. The van der Waals surface area contributed by atoms with E-state index in [4.69, 9.17) is 4.42 Å². The molecule has 0 unspecified atom stereocenters. The maximum Gasteiger partial charge on any atom is 0.287 e. The molecule has 0 atom stereocenters. The van der Waals surface area contributed by atoms with Gasteiger partial charge in [0.05, 0.1) is 6.26 Å². The van der Waals surface area contributed by atoms with Crippen molar-refractivity contribution >= 4 is 11.9 Å². The van der Waals surface area contributed by atoms with Gasteiger partial charge in [0, 0.05) is 45.2 Å². The molecule has 2 aromatic rings. The summed E-state index contributed by atoms with van der Waals surface area (Å²) in [6.45, 7) is 6.65. The van der Waals surface area contributed by atoms with Gasteiger partial charge < -0.3 is 24.9 Å². The van der Waals surface area contributed by atoms with Gasteiger partial charge in [0.15, 0.2) is 11.7 Å². The minimum atomic E-state index is -0.185. The number of carbonyl (C=O) groups is 1. The Balaban J connectivity index is 1.60. The molecule has 142 valence electrons. The van der Waals surface area contributed by atoms with E-state index in [1.54, 1.807) is 19.4 Å². The smallest absolute Gasteiger partial charge is 0.287 e. The Bertz CT molecular complexity index is 720. The van der Waals surface area contributed by atoms with Gasteiger partial charge >= 0.3 is 0 Å². The van der Waals surface area contributed by atoms with E-state index in [9.17, 15) is 4.79 Å². The Morgan fingerprint density at radius 1 is 1.27 bits per heavy atom. The second-order valence-corrected chi connectivity index (χ2v) is 5.76. The molecule has 0 aliphatic heterocycles. The van der Waals surface area contributed by atoms with Crippen LogP contribution in [0, 0.1) is 6.92 Å². The zero-order valence-corrected chi connectivity index (χ0v) is 15.6. The van der Waals surface area contributed by atoms with Gasteiger partial charge in [-0.25, -0.2) is 0 Å². The van der Waals surface area contributed by atoms with Crippen molar-refractivity contribution in [1.82, 2.24) is 30.7 Å². The molecule has 0 fully saturated rings. The number of carbonyl (C=O) groups excluding carboxylic acids is 1. The highest BCUT2D eigenvalue weighted by Crippen LogP contribution is 2.07. The second-order valence-electron chi connectivity index (χ2n) is 5.76. The van der Waals surface area contributed by atoms with Gasteiger partial charge in [-0.2, -0.15) is 0 Å². The van der Waals surface area contributed by atoms with E-state index in [1.807, 2.05) is 11.5 Å². The van der Waals surface area contributed by atoms with Crippen LogP contribution < -0.4 is 16.0 Å². The topological polar surface area (TPSA) is 109 Å². The number of hydrogen-bond donors (Lipinski definition) is 3. The van der Waals surface area contributed by atoms with E-state index in [-0.39, 0.29) is 5.91 Å². The van der Waals surface area contributed by atoms with E-state index in [0.29, 0.717) is 18.8 Å². The van der Waals surface area contributed by atoms with Crippen LogP contribution in [-0.4, -0.2) is 53.3 Å². The van der Waals surface area contributed by atoms with Crippen molar-refractivity contribution in [2.45, 2.75) is 33.2 Å². The summed E-state index contributed by atoms with van der Waals surface area (Å²) in [5.74, 6) is 1.88. The first-order chi connectivity index (χ1) is 12.7. The SMILES string of the molecule is CCc1nncn1CCNC(=NC)NCCCNC(=O)c1occc1C. The third kappa shape index (κ3) is 5.61. The van der Waals surface area contributed by atoms with Crippen molar-refractivity contribution < 1.29 is 9.21 Å². The van der Waals surface area contributed by atoms with E-state index in [1.165, 1.54) is 6.26 Å². The summed E-state index contributed by atoms with van der Waals surface area (Å²) in [6, 6.07) is 1.77. The number of aromatic nitrogens is 3. The average Bonchev–Trinajstić information content (AvgIpc) is 3.28. The average molecular weight is 361 g/mol. The quantitative estimate of drug-likeness (QED) is 0.345. The molecule has 2 rings (SSSR count). The first kappa shape index (κ1) is 19.5. The summed E-state index contributed by atoms with van der Waals surface area (Å²) in [5.41, 5.74) is 0.838. The molecule has 2 heterocycles. The Morgan fingerprint density at radius 2 is 2.04 bits per heavy atom. The van der Waals surface area contributed by atoms with Gasteiger partial charge in [-0.15, -0.1) is 10.2 Å². The molecule has 2 aromatic heterocycles. The molecule has 3 N–H and O–H groups in total. The molecule has 1 amide bonds. The summed E-state index contributed by atoms with van der Waals surface area (Å²) in [7, 11) is 1.73. The maximum absolute atomic E-state index is 11.9. The maximum atomic E-state index is 11.9. The van der Waals surface area contributed by atoms with Crippen molar-refractivity contribution in [2.24, 2.45) is 4.99 Å². The van der Waals surface area contributed by atoms with E-state index in [0.717, 1.165) is 43.3 Å². The van der Waals surface area contributed by atoms with Crippen LogP contribution in [0.1, 0.15) is 35.3 Å². The van der Waals surface area contributed by atoms with Gasteiger partial charge in [0.25, 0.3) is 5.91 Å². The van der Waals surface area contributed by atoms with E-state index in [2.05, 4.69) is 38.1 Å². The fourth-order valence-corrected chi connectivity index (χ4v) is 2.44. The predicted molar refractivity (Wildman–Crippen MR) is 99.2 cm³/mol. The van der Waals surface area contributed by atoms with Gasteiger partial charge in [-0.05, 0) is 19.4 Å². The van der Waals surface area contributed by atoms with Crippen LogP contribution in [0.4, 0.5) is 0 Å². The number of furan rings is 1. The number of aryl methyl sites for hydroxylation is 2. The van der Waals surface area contributed by atoms with Crippen LogP contribution >= 0.6 is 0 Å². The third-order valence-corrected chi connectivity index (χ3v) is 3.88. The Morgan fingerprint density at radius 3 is 2.73 bits per heavy atom. The monoisotopic (exact) mass is 361 g/mol. The van der Waals surface area contributed by atoms with Crippen LogP contribution in [0.15, 0.2) is 28.1 Å². The van der Waals surface area contributed by atoms with Crippen molar-refractivity contribution in [2.75, 3.05) is 26.7 Å². The molecule has 26 heavy (non-hydrogen) atoms. The van der Waals surface area contributed by atoms with E-state index < -0.39 is 0 Å². The van der Waals surface area contributed by atoms with Gasteiger partial charge in [-0.3, -0.25) is 9.79 Å². The van der Waals surface area contributed by atoms with Crippen LogP contribution in [0.3, 0.4) is 0 Å². The number of nitrogens with one attached hydrogen (secondary N) is 3. The summed E-state index contributed by atoms with van der Waals surface area (Å²) < 4.78 is 7.18. The second kappa shape index (κ2) is 10.2. The summed E-state index contributed by atoms with van der Waals surface area (Å²) in [6.07, 6.45) is 4.89. The molecular formula is C17H27N7O2. The highest BCUT2D eigenvalue weighted by atomic mass is 16.3. The number of rotatable bonds is 9. The molecule has 0 saturated heterocycles. The molecule has 0 bridgehead atoms. The molecule has 0 aliphatic carbocycles. The fourth-order valence-electron chi connectivity index (χ4n) is 2.44. The minimum absolute atomic E-state index is 0.185.